The highest BCUT2D eigenvalue weighted by Crippen LogP contribution is 2.04. The number of methoxy groups -OCH3 is 2. The van der Waals surface area contributed by atoms with Crippen molar-refractivity contribution < 1.29 is 19.1 Å². The average molecular weight is 172 g/mol. The lowest BCUT2D eigenvalue weighted by molar-refractivity contribution is -0.150. The number of rotatable bonds is 4. The molecule has 0 aromatic rings. The molecule has 0 aliphatic heterocycles. The van der Waals surface area contributed by atoms with Gasteiger partial charge in [0.15, 0.2) is 6.10 Å². The predicted octanol–water partition coefficient (Wildman–Crippen LogP) is 0.320. The van der Waals surface area contributed by atoms with Gasteiger partial charge in [0.2, 0.25) is 0 Å². The molecule has 68 valence electrons. The minimum atomic E-state index is -0.905. The molecule has 1 atom stereocenters. The first-order chi connectivity index (χ1) is 5.71. The second-order valence-corrected chi connectivity index (χ2v) is 2.05. The van der Waals surface area contributed by atoms with Crippen LogP contribution in [0.4, 0.5) is 0 Å². The highest BCUT2D eigenvalue weighted by atomic mass is 16.6. The zero-order valence-corrected chi connectivity index (χ0v) is 7.37. The van der Waals surface area contributed by atoms with Gasteiger partial charge < -0.3 is 9.47 Å². The van der Waals surface area contributed by atoms with Crippen LogP contribution in [0.25, 0.3) is 0 Å². The maximum Gasteiger partial charge on any atom is 0.339 e. The largest absolute Gasteiger partial charge is 0.467 e. The van der Waals surface area contributed by atoms with Crippen molar-refractivity contribution in [2.45, 2.75) is 13.0 Å². The van der Waals surface area contributed by atoms with Gasteiger partial charge in [-0.2, -0.15) is 0 Å². The van der Waals surface area contributed by atoms with Gasteiger partial charge in [0, 0.05) is 12.7 Å². The van der Waals surface area contributed by atoms with E-state index in [1.54, 1.807) is 6.92 Å². The lowest BCUT2D eigenvalue weighted by atomic mass is 10.1. The fraction of sp³-hybridized carbons (Fsp3) is 0.500. The molecule has 0 fully saturated rings. The molecule has 4 nitrogen and oxygen atoms in total. The molecule has 0 rings (SSSR count). The SMILES string of the molecule is C/C=C(/C=O)C(OC)C(=O)OC. The number of ether oxygens (including phenoxy) is 2. The minimum absolute atomic E-state index is 0.268. The molecule has 0 spiro atoms. The third-order valence-electron chi connectivity index (χ3n) is 1.42. The Morgan fingerprint density at radius 3 is 2.25 bits per heavy atom. The van der Waals surface area contributed by atoms with Crippen LogP contribution in [0.15, 0.2) is 11.6 Å². The molecule has 1 unspecified atom stereocenters. The van der Waals surface area contributed by atoms with Crippen LogP contribution in [-0.4, -0.2) is 32.6 Å². The van der Waals surface area contributed by atoms with Gasteiger partial charge in [-0.1, -0.05) is 6.08 Å². The second-order valence-electron chi connectivity index (χ2n) is 2.05. The van der Waals surface area contributed by atoms with E-state index in [1.165, 1.54) is 20.3 Å². The van der Waals surface area contributed by atoms with Gasteiger partial charge in [-0.15, -0.1) is 0 Å². The van der Waals surface area contributed by atoms with E-state index in [0.717, 1.165) is 0 Å². The van der Waals surface area contributed by atoms with E-state index in [2.05, 4.69) is 4.74 Å². The quantitative estimate of drug-likeness (QED) is 0.348. The van der Waals surface area contributed by atoms with Crippen LogP contribution in [0.2, 0.25) is 0 Å². The first-order valence-corrected chi connectivity index (χ1v) is 3.43. The van der Waals surface area contributed by atoms with E-state index >= 15 is 0 Å². The Morgan fingerprint density at radius 2 is 2.00 bits per heavy atom. The van der Waals surface area contributed by atoms with Gasteiger partial charge >= 0.3 is 5.97 Å². The van der Waals surface area contributed by atoms with Crippen LogP contribution in [0, 0.1) is 0 Å². The number of allylic oxidation sites excluding steroid dienone is 1. The molecular formula is C8H12O4. The van der Waals surface area contributed by atoms with Crippen LogP contribution in [0.1, 0.15) is 6.92 Å². The molecule has 4 heteroatoms. The third kappa shape index (κ3) is 2.47. The molecule has 0 aromatic carbocycles. The van der Waals surface area contributed by atoms with Crippen molar-refractivity contribution in [3.8, 4) is 0 Å². The molecule has 0 saturated heterocycles. The summed E-state index contributed by atoms with van der Waals surface area (Å²) in [5.41, 5.74) is 0.268. The topological polar surface area (TPSA) is 52.6 Å². The van der Waals surface area contributed by atoms with E-state index in [9.17, 15) is 9.59 Å². The molecule has 0 radical (unpaired) electrons. The lowest BCUT2D eigenvalue weighted by Crippen LogP contribution is -2.27. The van der Waals surface area contributed by atoms with Crippen molar-refractivity contribution in [3.05, 3.63) is 11.6 Å². The number of esters is 1. The van der Waals surface area contributed by atoms with E-state index in [-0.39, 0.29) is 5.57 Å². The standard InChI is InChI=1S/C8H12O4/c1-4-6(5-9)7(11-2)8(10)12-3/h4-5,7H,1-3H3/b6-4-. The summed E-state index contributed by atoms with van der Waals surface area (Å²) < 4.78 is 9.20. The Morgan fingerprint density at radius 1 is 1.42 bits per heavy atom. The fourth-order valence-corrected chi connectivity index (χ4v) is 0.757. The Balaban J connectivity index is 4.53. The summed E-state index contributed by atoms with van der Waals surface area (Å²) in [4.78, 5) is 21.4. The lowest BCUT2D eigenvalue weighted by Gasteiger charge is -2.11. The molecular weight excluding hydrogens is 160 g/mol. The van der Waals surface area contributed by atoms with Gasteiger partial charge in [-0.05, 0) is 6.92 Å². The summed E-state index contributed by atoms with van der Waals surface area (Å²) in [6.07, 6.45) is 1.18. The van der Waals surface area contributed by atoms with E-state index in [4.69, 9.17) is 4.74 Å². The normalized spacial score (nSPS) is 13.8. The Hall–Kier alpha value is -1.16. The zero-order valence-electron chi connectivity index (χ0n) is 7.37. The Bertz CT molecular complexity index is 195. The predicted molar refractivity (Wildman–Crippen MR) is 42.6 cm³/mol. The highest BCUT2D eigenvalue weighted by molar-refractivity contribution is 5.89. The number of hydrogen-bond acceptors (Lipinski definition) is 4. The highest BCUT2D eigenvalue weighted by Gasteiger charge is 2.21. The van der Waals surface area contributed by atoms with E-state index < -0.39 is 12.1 Å². The molecule has 0 saturated carbocycles. The van der Waals surface area contributed by atoms with Gasteiger partial charge in [0.05, 0.1) is 7.11 Å². The number of aldehydes is 1. The minimum Gasteiger partial charge on any atom is -0.467 e. The molecule has 0 heterocycles. The van der Waals surface area contributed by atoms with Crippen molar-refractivity contribution in [2.24, 2.45) is 0 Å². The molecule has 0 aliphatic carbocycles. The summed E-state index contributed by atoms with van der Waals surface area (Å²) in [6.45, 7) is 1.65. The molecule has 0 aromatic heterocycles. The first kappa shape index (κ1) is 10.8. The number of hydrogen-bond donors (Lipinski definition) is 0. The Kier molecular flexibility index (Phi) is 4.96. The molecule has 0 amide bonds. The number of carbonyl (C=O) groups is 2. The second kappa shape index (κ2) is 5.49. The van der Waals surface area contributed by atoms with Crippen molar-refractivity contribution in [2.75, 3.05) is 14.2 Å². The molecule has 0 bridgehead atoms. The first-order valence-electron chi connectivity index (χ1n) is 3.43. The number of carbonyl (C=O) groups excluding carboxylic acids is 2. The van der Waals surface area contributed by atoms with Crippen molar-refractivity contribution in [1.29, 1.82) is 0 Å². The average Bonchev–Trinajstić information content (AvgIpc) is 2.12. The summed E-state index contributed by atoms with van der Waals surface area (Å²) in [7, 11) is 2.58. The van der Waals surface area contributed by atoms with Gasteiger partial charge in [-0.25, -0.2) is 4.79 Å². The van der Waals surface area contributed by atoms with E-state index in [0.29, 0.717) is 6.29 Å². The van der Waals surface area contributed by atoms with Crippen molar-refractivity contribution in [3.63, 3.8) is 0 Å². The van der Waals surface area contributed by atoms with Crippen LogP contribution in [0.3, 0.4) is 0 Å². The van der Waals surface area contributed by atoms with Crippen LogP contribution in [-0.2, 0) is 19.1 Å². The summed E-state index contributed by atoms with van der Waals surface area (Å²) >= 11 is 0. The molecule has 12 heavy (non-hydrogen) atoms. The van der Waals surface area contributed by atoms with Crippen LogP contribution in [0.5, 0.6) is 0 Å². The monoisotopic (exact) mass is 172 g/mol. The van der Waals surface area contributed by atoms with Crippen molar-refractivity contribution in [1.82, 2.24) is 0 Å². The summed E-state index contributed by atoms with van der Waals surface area (Å²) in [5.74, 6) is -0.572. The van der Waals surface area contributed by atoms with Crippen LogP contribution >= 0.6 is 0 Å². The maximum absolute atomic E-state index is 11.0. The van der Waals surface area contributed by atoms with Crippen LogP contribution < -0.4 is 0 Å². The van der Waals surface area contributed by atoms with Gasteiger partial charge in [0.1, 0.15) is 6.29 Å². The van der Waals surface area contributed by atoms with Gasteiger partial charge in [-0.3, -0.25) is 4.79 Å². The summed E-state index contributed by atoms with van der Waals surface area (Å²) in [6, 6.07) is 0. The zero-order chi connectivity index (χ0) is 9.56. The summed E-state index contributed by atoms with van der Waals surface area (Å²) in [5, 5.41) is 0. The molecule has 0 aliphatic rings. The molecule has 0 N–H and O–H groups in total. The van der Waals surface area contributed by atoms with E-state index in [1.807, 2.05) is 0 Å². The maximum atomic E-state index is 11.0. The Labute approximate surface area is 71.2 Å². The fourth-order valence-electron chi connectivity index (χ4n) is 0.757. The smallest absolute Gasteiger partial charge is 0.339 e. The van der Waals surface area contributed by atoms with Crippen molar-refractivity contribution >= 4 is 12.3 Å². The van der Waals surface area contributed by atoms with Gasteiger partial charge in [0.25, 0.3) is 0 Å². The third-order valence-corrected chi connectivity index (χ3v) is 1.42.